The Morgan fingerprint density at radius 2 is 1.59 bits per heavy atom. The Balaban J connectivity index is 1.28. The van der Waals surface area contributed by atoms with Crippen LogP contribution in [-0.2, 0) is 12.7 Å². The highest BCUT2D eigenvalue weighted by Crippen LogP contribution is 2.29. The van der Waals surface area contributed by atoms with Crippen molar-refractivity contribution in [2.75, 3.05) is 41.7 Å². The summed E-state index contributed by atoms with van der Waals surface area (Å²) in [5.41, 5.74) is 1.22. The van der Waals surface area contributed by atoms with E-state index in [-0.39, 0.29) is 5.69 Å². The fraction of sp³-hybridized carbons (Fsp3) is 0.292. The first-order valence-electron chi connectivity index (χ1n) is 10.9. The number of hydrogen-bond donors (Lipinski definition) is 2. The highest BCUT2D eigenvalue weighted by Gasteiger charge is 2.30. The molecule has 0 aliphatic carbocycles. The number of anilines is 3. The van der Waals surface area contributed by atoms with Gasteiger partial charge in [0.25, 0.3) is 0 Å². The van der Waals surface area contributed by atoms with Crippen molar-refractivity contribution in [3.05, 3.63) is 78.2 Å². The van der Waals surface area contributed by atoms with E-state index in [9.17, 15) is 18.0 Å². The number of carbonyl (C=O) groups excluding carboxylic acids is 1. The first kappa shape index (κ1) is 23.5. The van der Waals surface area contributed by atoms with Gasteiger partial charge in [0.2, 0.25) is 0 Å². The minimum Gasteiger partial charge on any atom is -0.355 e. The molecular formula is C24H25F3N6O. The number of nitrogens with zero attached hydrogens (tertiary/aromatic N) is 4. The Morgan fingerprint density at radius 1 is 0.882 bits per heavy atom. The van der Waals surface area contributed by atoms with Crippen LogP contribution in [-0.4, -0.2) is 47.1 Å². The zero-order chi connectivity index (χ0) is 24.0. The summed E-state index contributed by atoms with van der Waals surface area (Å²) in [6.07, 6.45) is 1.79. The molecule has 2 amide bonds. The molecule has 4 rings (SSSR count). The van der Waals surface area contributed by atoms with Crippen LogP contribution in [0.25, 0.3) is 0 Å². The number of alkyl halides is 3. The lowest BCUT2D eigenvalue weighted by molar-refractivity contribution is -0.137. The molecule has 3 heterocycles. The normalized spacial score (nSPS) is 15.0. The topological polar surface area (TPSA) is 73.4 Å². The third-order valence-corrected chi connectivity index (χ3v) is 5.54. The van der Waals surface area contributed by atoms with Crippen molar-refractivity contribution in [1.82, 2.24) is 14.9 Å². The summed E-state index contributed by atoms with van der Waals surface area (Å²) >= 11 is 0. The van der Waals surface area contributed by atoms with Gasteiger partial charge in [0, 0.05) is 50.8 Å². The number of amides is 2. The maximum absolute atomic E-state index is 12.7. The van der Waals surface area contributed by atoms with E-state index in [0.29, 0.717) is 5.69 Å². The Morgan fingerprint density at radius 3 is 2.26 bits per heavy atom. The first-order chi connectivity index (χ1) is 16.4. The van der Waals surface area contributed by atoms with Gasteiger partial charge >= 0.3 is 12.2 Å². The summed E-state index contributed by atoms with van der Waals surface area (Å²) < 4.78 is 38.0. The number of nitrogens with one attached hydrogen (secondary N) is 2. The van der Waals surface area contributed by atoms with Gasteiger partial charge < -0.3 is 15.5 Å². The molecule has 0 radical (unpaired) electrons. The van der Waals surface area contributed by atoms with Gasteiger partial charge in [-0.1, -0.05) is 0 Å². The summed E-state index contributed by atoms with van der Waals surface area (Å²) in [7, 11) is 0. The number of halogens is 3. The van der Waals surface area contributed by atoms with Gasteiger partial charge in [-0.2, -0.15) is 13.2 Å². The number of pyridine rings is 2. The predicted molar refractivity (Wildman–Crippen MR) is 125 cm³/mol. The van der Waals surface area contributed by atoms with E-state index in [4.69, 9.17) is 0 Å². The van der Waals surface area contributed by atoms with E-state index in [1.54, 1.807) is 12.3 Å². The van der Waals surface area contributed by atoms with Crippen LogP contribution in [0.3, 0.4) is 0 Å². The molecule has 3 aromatic rings. The number of rotatable bonds is 5. The van der Waals surface area contributed by atoms with Crippen LogP contribution >= 0.6 is 0 Å². The van der Waals surface area contributed by atoms with E-state index in [1.165, 1.54) is 17.7 Å². The minimum absolute atomic E-state index is 0.260. The van der Waals surface area contributed by atoms with Gasteiger partial charge in [-0.05, 0) is 60.5 Å². The molecule has 1 aliphatic rings. The zero-order valence-corrected chi connectivity index (χ0v) is 18.4. The second-order valence-corrected chi connectivity index (χ2v) is 8.03. The van der Waals surface area contributed by atoms with Crippen LogP contribution < -0.4 is 15.5 Å². The Labute approximate surface area is 195 Å². The SMILES string of the molecule is O=C(Nc1ccc(C(F)(F)F)cc1)Nc1ccc(N2CCCN(Cc3ccncc3)CC2)nc1. The number of carbonyl (C=O) groups is 1. The maximum atomic E-state index is 12.7. The van der Waals surface area contributed by atoms with E-state index < -0.39 is 17.8 Å². The van der Waals surface area contributed by atoms with Gasteiger partial charge in [-0.3, -0.25) is 9.88 Å². The second kappa shape index (κ2) is 10.5. The van der Waals surface area contributed by atoms with Gasteiger partial charge in [0.15, 0.2) is 0 Å². The van der Waals surface area contributed by atoms with Crippen LogP contribution in [0, 0.1) is 0 Å². The molecule has 1 saturated heterocycles. The predicted octanol–water partition coefficient (Wildman–Crippen LogP) is 4.85. The number of aromatic nitrogens is 2. The fourth-order valence-corrected chi connectivity index (χ4v) is 3.79. The van der Waals surface area contributed by atoms with Crippen molar-refractivity contribution in [2.45, 2.75) is 19.1 Å². The molecule has 2 aromatic heterocycles. The lowest BCUT2D eigenvalue weighted by Gasteiger charge is -2.23. The fourth-order valence-electron chi connectivity index (χ4n) is 3.79. The summed E-state index contributed by atoms with van der Waals surface area (Å²) in [5, 5.41) is 5.16. The molecule has 2 N–H and O–H groups in total. The van der Waals surface area contributed by atoms with Crippen molar-refractivity contribution in [3.8, 4) is 0 Å². The highest BCUT2D eigenvalue weighted by molar-refractivity contribution is 5.99. The third-order valence-electron chi connectivity index (χ3n) is 5.54. The van der Waals surface area contributed by atoms with Gasteiger partial charge in [-0.25, -0.2) is 9.78 Å². The van der Waals surface area contributed by atoms with E-state index >= 15 is 0 Å². The third kappa shape index (κ3) is 6.44. The van der Waals surface area contributed by atoms with Crippen molar-refractivity contribution in [1.29, 1.82) is 0 Å². The molecule has 1 aliphatic heterocycles. The molecule has 0 unspecified atom stereocenters. The molecule has 0 saturated carbocycles. The summed E-state index contributed by atoms with van der Waals surface area (Å²) in [6.45, 7) is 4.54. The molecule has 0 atom stereocenters. The molecule has 34 heavy (non-hydrogen) atoms. The van der Waals surface area contributed by atoms with Gasteiger partial charge in [0.1, 0.15) is 5.82 Å². The van der Waals surface area contributed by atoms with Crippen molar-refractivity contribution in [3.63, 3.8) is 0 Å². The second-order valence-electron chi connectivity index (χ2n) is 8.03. The van der Waals surface area contributed by atoms with E-state index in [2.05, 4.69) is 30.4 Å². The lowest BCUT2D eigenvalue weighted by Crippen LogP contribution is -2.31. The van der Waals surface area contributed by atoms with Gasteiger partial charge in [-0.15, -0.1) is 0 Å². The molecule has 0 bridgehead atoms. The summed E-state index contributed by atoms with van der Waals surface area (Å²) in [5.74, 6) is 0.833. The molecule has 178 valence electrons. The molecular weight excluding hydrogens is 445 g/mol. The summed E-state index contributed by atoms with van der Waals surface area (Å²) in [6, 6.07) is 11.4. The lowest BCUT2D eigenvalue weighted by atomic mass is 10.2. The van der Waals surface area contributed by atoms with Crippen LogP contribution in [0.2, 0.25) is 0 Å². The van der Waals surface area contributed by atoms with Crippen LogP contribution in [0.1, 0.15) is 17.5 Å². The van der Waals surface area contributed by atoms with Crippen LogP contribution in [0.15, 0.2) is 67.1 Å². The average molecular weight is 470 g/mol. The molecule has 10 heteroatoms. The molecule has 1 aromatic carbocycles. The summed E-state index contributed by atoms with van der Waals surface area (Å²) in [4.78, 5) is 25.4. The molecule has 1 fully saturated rings. The van der Waals surface area contributed by atoms with Crippen molar-refractivity contribution in [2.24, 2.45) is 0 Å². The highest BCUT2D eigenvalue weighted by atomic mass is 19.4. The Hall–Kier alpha value is -3.66. The van der Waals surface area contributed by atoms with Crippen LogP contribution in [0.5, 0.6) is 0 Å². The number of urea groups is 1. The first-order valence-corrected chi connectivity index (χ1v) is 10.9. The number of benzene rings is 1. The van der Waals surface area contributed by atoms with E-state index in [0.717, 1.165) is 57.1 Å². The van der Waals surface area contributed by atoms with E-state index in [1.807, 2.05) is 30.6 Å². The van der Waals surface area contributed by atoms with Crippen molar-refractivity contribution < 1.29 is 18.0 Å². The maximum Gasteiger partial charge on any atom is 0.416 e. The van der Waals surface area contributed by atoms with Crippen molar-refractivity contribution >= 4 is 23.2 Å². The standard InChI is InChI=1S/C24H25F3N6O/c25-24(26,27)19-2-4-20(5-3-19)30-23(34)31-21-6-7-22(29-16-21)33-13-1-12-32(14-15-33)17-18-8-10-28-11-9-18/h2-11,16H,1,12-15,17H2,(H2,30,31,34). The number of hydrogen-bond acceptors (Lipinski definition) is 5. The minimum atomic E-state index is -4.42. The van der Waals surface area contributed by atoms with Crippen LogP contribution in [0.4, 0.5) is 35.2 Å². The quantitative estimate of drug-likeness (QED) is 0.558. The average Bonchev–Trinajstić information content (AvgIpc) is 3.05. The zero-order valence-electron chi connectivity index (χ0n) is 18.4. The molecule has 0 spiro atoms. The Bertz CT molecular complexity index is 1070. The largest absolute Gasteiger partial charge is 0.416 e. The monoisotopic (exact) mass is 470 g/mol. The molecule has 7 nitrogen and oxygen atoms in total. The smallest absolute Gasteiger partial charge is 0.355 e. The Kier molecular flexibility index (Phi) is 7.27. The van der Waals surface area contributed by atoms with Gasteiger partial charge in [0.05, 0.1) is 17.4 Å².